The molecule has 4 N–H and O–H groups in total. The number of benzene rings is 2. The van der Waals surface area contributed by atoms with Crippen LogP contribution in [0.15, 0.2) is 41.3 Å². The Labute approximate surface area is 244 Å². The molecule has 2 amide bonds. The number of rotatable bonds is 8. The first-order valence-corrected chi connectivity index (χ1v) is 15.5. The highest BCUT2D eigenvalue weighted by atomic mass is 35.5. The smallest absolute Gasteiger partial charge is 0.256 e. The first kappa shape index (κ1) is 28.6. The molecule has 1 unspecified atom stereocenters. The number of aromatic nitrogens is 1. The van der Waals surface area contributed by atoms with Crippen molar-refractivity contribution in [2.75, 3.05) is 31.5 Å². The molecule has 3 heterocycles. The summed E-state index contributed by atoms with van der Waals surface area (Å²) >= 11 is 12.5. The molecule has 3 aromatic rings. The van der Waals surface area contributed by atoms with Gasteiger partial charge in [0.1, 0.15) is 0 Å². The number of halogens is 2. The van der Waals surface area contributed by atoms with Gasteiger partial charge in [-0.1, -0.05) is 33.5 Å². The standard InChI is InChI=1S/C29H30Cl2N4O4S/c1-17-26(33-18(2)27(17)29(37)32-10-13-35-11-3-4-12-35)15-21-20-14-19(8-9-25(20)34-28(21)36)40(38,39)16-22-23(30)6-5-7-24(22)31/h5-9,14-15H,3-4,10-13,16H2,1-2H3,(H3-,32,33,34,36,37,38,39)/p+1. The van der Waals surface area contributed by atoms with Gasteiger partial charge in [0, 0.05) is 47.4 Å². The molecule has 5 rings (SSSR count). The first-order chi connectivity index (χ1) is 19.0. The van der Waals surface area contributed by atoms with E-state index in [0.29, 0.717) is 55.9 Å². The van der Waals surface area contributed by atoms with Gasteiger partial charge in [0.05, 0.1) is 21.2 Å². The topological polar surface area (TPSA) is 115 Å². The molecule has 2 aromatic carbocycles. The number of amides is 2. The predicted octanol–water partition coefficient (Wildman–Crippen LogP) is 5.79. The van der Waals surface area contributed by atoms with Crippen molar-refractivity contribution in [2.45, 2.75) is 37.3 Å². The van der Waals surface area contributed by atoms with Gasteiger partial charge in [-0.25, -0.2) is 0 Å². The van der Waals surface area contributed by atoms with Crippen molar-refractivity contribution >= 4 is 62.6 Å². The fraction of sp³-hybridized carbons (Fsp3) is 0.310. The molecule has 40 heavy (non-hydrogen) atoms. The Hall–Kier alpha value is -2.95. The minimum Gasteiger partial charge on any atom is -0.358 e. The molecule has 8 nitrogen and oxygen atoms in total. The second-order valence-corrected chi connectivity index (χ2v) is 13.0. The molecule has 0 aliphatic carbocycles. The molecule has 2 aliphatic rings. The van der Waals surface area contributed by atoms with Crippen LogP contribution in [-0.2, 0) is 25.0 Å². The van der Waals surface area contributed by atoms with Gasteiger partial charge in [-0.3, -0.25) is 9.59 Å². The van der Waals surface area contributed by atoms with E-state index in [0.717, 1.165) is 25.2 Å². The van der Waals surface area contributed by atoms with Gasteiger partial charge >= 0.3 is 0 Å². The normalized spacial score (nSPS) is 17.6. The van der Waals surface area contributed by atoms with Crippen molar-refractivity contribution in [2.24, 2.45) is 0 Å². The Bertz CT molecular complexity index is 1560. The number of anilines is 1. The lowest BCUT2D eigenvalue weighted by Crippen LogP contribution is -2.33. The van der Waals surface area contributed by atoms with Gasteiger partial charge in [0.2, 0.25) is 0 Å². The Morgan fingerprint density at radius 3 is 2.55 bits per heavy atom. The van der Waals surface area contributed by atoms with Crippen molar-refractivity contribution in [3.63, 3.8) is 0 Å². The highest BCUT2D eigenvalue weighted by Gasteiger charge is 2.35. The fourth-order valence-electron chi connectivity index (χ4n) is 5.28. The molecule has 0 saturated carbocycles. The molecule has 1 fully saturated rings. The number of carbonyl (C=O) groups is 2. The van der Waals surface area contributed by atoms with Gasteiger partial charge in [-0.2, -0.15) is 4.55 Å². The van der Waals surface area contributed by atoms with E-state index >= 15 is 0 Å². The number of aryl methyl sites for hydroxylation is 1. The average molecular weight is 603 g/mol. The minimum absolute atomic E-state index is 0.155. The second kappa shape index (κ2) is 11.5. The zero-order chi connectivity index (χ0) is 28.6. The third-order valence-corrected chi connectivity index (χ3v) is 9.83. The van der Waals surface area contributed by atoms with Crippen LogP contribution >= 0.6 is 23.2 Å². The van der Waals surface area contributed by atoms with Gasteiger partial charge < -0.3 is 20.5 Å². The Kier molecular flexibility index (Phi) is 8.22. The molecule has 1 saturated heterocycles. The molecule has 11 heteroatoms. The SMILES string of the molecule is Cc1[nH]c(/C=C2\C(=O)Nc3ccc([S+](=O)(O)Cc4c(Cl)cccc4Cl)cc32)c(C)c1C(=O)NCCN1CCCC1. The van der Waals surface area contributed by atoms with Gasteiger partial charge in [0.25, 0.3) is 22.0 Å². The minimum atomic E-state index is -3.58. The molecule has 210 valence electrons. The van der Waals surface area contributed by atoms with Gasteiger partial charge in [-0.15, -0.1) is 0 Å². The summed E-state index contributed by atoms with van der Waals surface area (Å²) < 4.78 is 24.4. The summed E-state index contributed by atoms with van der Waals surface area (Å²) in [5.41, 5.74) is 4.34. The number of fused-ring (bicyclic) bond motifs is 1. The van der Waals surface area contributed by atoms with E-state index in [4.69, 9.17) is 23.2 Å². The number of likely N-dealkylation sites (tertiary alicyclic amines) is 1. The number of carbonyl (C=O) groups excluding carboxylic acids is 2. The van der Waals surface area contributed by atoms with Crippen LogP contribution in [0.3, 0.4) is 0 Å². The number of H-pyrrole nitrogens is 1. The zero-order valence-corrected chi connectivity index (χ0v) is 24.6. The lowest BCUT2D eigenvalue weighted by Gasteiger charge is -2.14. The maximum atomic E-state index is 13.4. The van der Waals surface area contributed by atoms with Crippen molar-refractivity contribution in [3.05, 3.63) is 80.1 Å². The van der Waals surface area contributed by atoms with E-state index in [9.17, 15) is 18.4 Å². The molecule has 0 spiro atoms. The molecule has 0 radical (unpaired) electrons. The van der Waals surface area contributed by atoms with E-state index < -0.39 is 10.2 Å². The summed E-state index contributed by atoms with van der Waals surface area (Å²) in [6, 6.07) is 9.58. The molecular weight excluding hydrogens is 571 g/mol. The van der Waals surface area contributed by atoms with Crippen molar-refractivity contribution in [1.82, 2.24) is 15.2 Å². The van der Waals surface area contributed by atoms with Crippen LogP contribution in [0.5, 0.6) is 0 Å². The number of nitrogens with one attached hydrogen (secondary N) is 3. The van der Waals surface area contributed by atoms with E-state index in [2.05, 4.69) is 20.5 Å². The van der Waals surface area contributed by atoms with Crippen LogP contribution in [-0.4, -0.2) is 52.4 Å². The average Bonchev–Trinajstić information content (AvgIpc) is 3.60. The van der Waals surface area contributed by atoms with Crippen LogP contribution in [0.25, 0.3) is 11.6 Å². The highest BCUT2D eigenvalue weighted by Crippen LogP contribution is 2.38. The first-order valence-electron chi connectivity index (χ1n) is 13.1. The predicted molar refractivity (Wildman–Crippen MR) is 160 cm³/mol. The number of hydrogen-bond donors (Lipinski definition) is 4. The Morgan fingerprint density at radius 1 is 1.15 bits per heavy atom. The molecular formula is C29H31Cl2N4O4S+. The largest absolute Gasteiger partial charge is 0.358 e. The Morgan fingerprint density at radius 2 is 1.85 bits per heavy atom. The van der Waals surface area contributed by atoms with Crippen molar-refractivity contribution < 1.29 is 18.4 Å². The lowest BCUT2D eigenvalue weighted by molar-refractivity contribution is -0.110. The monoisotopic (exact) mass is 601 g/mol. The van der Waals surface area contributed by atoms with E-state index in [-0.39, 0.29) is 22.5 Å². The van der Waals surface area contributed by atoms with E-state index in [1.54, 1.807) is 36.4 Å². The summed E-state index contributed by atoms with van der Waals surface area (Å²) in [4.78, 5) is 31.7. The van der Waals surface area contributed by atoms with Crippen LogP contribution < -0.4 is 10.6 Å². The maximum Gasteiger partial charge on any atom is 0.256 e. The summed E-state index contributed by atoms with van der Waals surface area (Å²) in [5, 5.41) is 6.44. The second-order valence-electron chi connectivity index (χ2n) is 10.2. The van der Waals surface area contributed by atoms with Gasteiger partial charge in [-0.05, 0) is 75.7 Å². The van der Waals surface area contributed by atoms with Crippen LogP contribution in [0, 0.1) is 13.8 Å². The molecule has 0 bridgehead atoms. The molecule has 1 atom stereocenters. The summed E-state index contributed by atoms with van der Waals surface area (Å²) in [6.07, 6.45) is 4.08. The van der Waals surface area contributed by atoms with E-state index in [1.165, 1.54) is 18.9 Å². The highest BCUT2D eigenvalue weighted by molar-refractivity contribution is 7.97. The van der Waals surface area contributed by atoms with Gasteiger partial charge in [0.15, 0.2) is 10.6 Å². The van der Waals surface area contributed by atoms with Crippen LogP contribution in [0.2, 0.25) is 10.0 Å². The number of nitrogens with zero attached hydrogens (tertiary/aromatic N) is 1. The van der Waals surface area contributed by atoms with Crippen molar-refractivity contribution in [3.8, 4) is 0 Å². The van der Waals surface area contributed by atoms with Crippen LogP contribution in [0.4, 0.5) is 5.69 Å². The Balaban J connectivity index is 1.40. The molecule has 1 aromatic heterocycles. The third-order valence-electron chi connectivity index (χ3n) is 7.45. The number of aromatic amines is 1. The third kappa shape index (κ3) is 5.75. The zero-order valence-electron chi connectivity index (χ0n) is 22.3. The summed E-state index contributed by atoms with van der Waals surface area (Å²) in [7, 11) is -3.58. The van der Waals surface area contributed by atoms with E-state index in [1.807, 2.05) is 13.8 Å². The quantitative estimate of drug-likeness (QED) is 0.193. The maximum absolute atomic E-state index is 13.4. The fourth-order valence-corrected chi connectivity index (χ4v) is 7.42. The summed E-state index contributed by atoms with van der Waals surface area (Å²) in [5.74, 6) is -0.767. The van der Waals surface area contributed by atoms with Crippen molar-refractivity contribution in [1.29, 1.82) is 0 Å². The van der Waals surface area contributed by atoms with Crippen LogP contribution in [0.1, 0.15) is 51.3 Å². The number of hydrogen-bond acceptors (Lipinski definition) is 4. The lowest BCUT2D eigenvalue weighted by atomic mass is 10.0. The molecule has 2 aliphatic heterocycles. The summed E-state index contributed by atoms with van der Waals surface area (Å²) in [6.45, 7) is 7.19.